The molecule has 5 atom stereocenters. The lowest BCUT2D eigenvalue weighted by molar-refractivity contribution is -0.274. The van der Waals surface area contributed by atoms with Gasteiger partial charge in [-0.25, -0.2) is 0 Å². The van der Waals surface area contributed by atoms with Crippen molar-refractivity contribution < 1.29 is 30.7 Å². The molecule has 4 N–H and O–H groups in total. The first-order valence-electron chi connectivity index (χ1n) is 5.41. The van der Waals surface area contributed by atoms with Gasteiger partial charge >= 0.3 is 0 Å². The largest absolute Gasteiger partial charge is 0.394 e. The summed E-state index contributed by atoms with van der Waals surface area (Å²) < 4.78 is 17.7. The lowest BCUT2D eigenvalue weighted by Crippen LogP contribution is -2.58. The quantitative estimate of drug-likeness (QED) is 0.471. The Bertz CT molecular complexity index is 246. The second kappa shape index (κ2) is 6.15. The van der Waals surface area contributed by atoms with Gasteiger partial charge in [-0.3, -0.25) is 4.18 Å². The summed E-state index contributed by atoms with van der Waals surface area (Å²) in [6, 6.07) is 0. The highest BCUT2D eigenvalue weighted by atomic mass is 32.2. The Labute approximate surface area is 99.8 Å². The normalized spacial score (nSPS) is 41.9. The van der Waals surface area contributed by atoms with Gasteiger partial charge in [0.05, 0.1) is 6.61 Å². The van der Waals surface area contributed by atoms with Crippen LogP contribution in [0.25, 0.3) is 0 Å². The van der Waals surface area contributed by atoms with Crippen LogP contribution in [0.3, 0.4) is 0 Å². The van der Waals surface area contributed by atoms with Gasteiger partial charge in [0.2, 0.25) is 0 Å². The van der Waals surface area contributed by atoms with E-state index in [1.165, 1.54) is 0 Å². The highest BCUT2D eigenvalue weighted by Crippen LogP contribution is 2.26. The predicted molar refractivity (Wildman–Crippen MR) is 57.6 cm³/mol. The molecular formula is C9H18O6S. The van der Waals surface area contributed by atoms with E-state index in [4.69, 9.17) is 15.4 Å². The Morgan fingerprint density at radius 3 is 2.44 bits per heavy atom. The third-order valence-electron chi connectivity index (χ3n) is 2.16. The van der Waals surface area contributed by atoms with E-state index < -0.39 is 42.5 Å². The minimum Gasteiger partial charge on any atom is -0.394 e. The zero-order valence-electron chi connectivity index (χ0n) is 10.1. The van der Waals surface area contributed by atoms with Crippen LogP contribution in [-0.2, 0) is 8.92 Å². The molecule has 1 saturated heterocycles. The van der Waals surface area contributed by atoms with Gasteiger partial charge in [-0.1, -0.05) is 13.8 Å². The standard InChI is InChI=1S/C9H18O6S/c1-4(2)16-15-9-8(13)7(12)6(11)5(3-10)14-9/h4-13H,3H2,1-2H3/t5-,6+,7+,8-,9?/m1/s1/i4D. The summed E-state index contributed by atoms with van der Waals surface area (Å²) in [6.45, 7) is 2.67. The molecule has 7 heteroatoms. The molecule has 1 fully saturated rings. The molecule has 1 aliphatic heterocycles. The van der Waals surface area contributed by atoms with Crippen molar-refractivity contribution in [3.05, 3.63) is 0 Å². The number of hydrogen-bond donors (Lipinski definition) is 4. The van der Waals surface area contributed by atoms with Crippen molar-refractivity contribution in [2.45, 2.75) is 49.8 Å². The van der Waals surface area contributed by atoms with E-state index >= 15 is 0 Å². The maximum absolute atomic E-state index is 9.60. The molecule has 6 nitrogen and oxygen atoms in total. The molecule has 0 radical (unpaired) electrons. The minimum atomic E-state index is -1.46. The predicted octanol–water partition coefficient (Wildman–Crippen LogP) is -1.14. The van der Waals surface area contributed by atoms with Crippen LogP contribution in [0.1, 0.15) is 15.2 Å². The second-order valence-corrected chi connectivity index (χ2v) is 4.96. The van der Waals surface area contributed by atoms with Crippen molar-refractivity contribution in [1.82, 2.24) is 0 Å². The summed E-state index contributed by atoms with van der Waals surface area (Å²) in [5.74, 6) is 0. The van der Waals surface area contributed by atoms with Crippen LogP contribution in [0.2, 0.25) is 0 Å². The lowest BCUT2D eigenvalue weighted by atomic mass is 10.00. The molecule has 0 aliphatic carbocycles. The molecule has 0 saturated carbocycles. The van der Waals surface area contributed by atoms with Gasteiger partial charge in [0, 0.05) is 6.60 Å². The molecule has 16 heavy (non-hydrogen) atoms. The van der Waals surface area contributed by atoms with Gasteiger partial charge in [0.15, 0.2) is 6.29 Å². The first kappa shape index (κ1) is 12.6. The van der Waals surface area contributed by atoms with Crippen LogP contribution in [-0.4, -0.2) is 63.0 Å². The summed E-state index contributed by atoms with van der Waals surface area (Å²) in [5.41, 5.74) is 0. The van der Waals surface area contributed by atoms with E-state index in [2.05, 4.69) is 0 Å². The lowest BCUT2D eigenvalue weighted by Gasteiger charge is -2.39. The van der Waals surface area contributed by atoms with Crippen molar-refractivity contribution in [1.29, 1.82) is 0 Å². The number of ether oxygens (including phenoxy) is 1. The average Bonchev–Trinajstić information content (AvgIpc) is 2.24. The smallest absolute Gasteiger partial charge is 0.199 e. The van der Waals surface area contributed by atoms with Crippen LogP contribution in [0, 0.1) is 0 Å². The first-order valence-corrected chi connectivity index (χ1v) is 5.65. The van der Waals surface area contributed by atoms with Gasteiger partial charge in [0.25, 0.3) is 0 Å². The average molecular weight is 255 g/mol. The fourth-order valence-corrected chi connectivity index (χ4v) is 1.74. The third kappa shape index (κ3) is 3.30. The van der Waals surface area contributed by atoms with E-state index in [1.807, 2.05) is 0 Å². The number of aliphatic hydroxyl groups excluding tert-OH is 4. The van der Waals surface area contributed by atoms with Gasteiger partial charge in [-0.15, -0.1) is 0 Å². The summed E-state index contributed by atoms with van der Waals surface area (Å²) in [5, 5.41) is 36.6. The molecular weight excluding hydrogens is 236 g/mol. The van der Waals surface area contributed by atoms with Gasteiger partial charge in [-0.2, -0.15) is 0 Å². The SMILES string of the molecule is [2H]C(C)(C)SOC1O[C@H](CO)[C@H](O)[C@H](O)[C@H]1O. The molecule has 1 heterocycles. The summed E-state index contributed by atoms with van der Waals surface area (Å²) in [4.78, 5) is 0. The molecule has 1 rings (SSSR count). The molecule has 0 aromatic carbocycles. The maximum Gasteiger partial charge on any atom is 0.199 e. The number of aliphatic hydroxyl groups is 4. The molecule has 1 aliphatic rings. The van der Waals surface area contributed by atoms with Crippen molar-refractivity contribution in [3.8, 4) is 0 Å². The Hall–Kier alpha value is 0.110. The maximum atomic E-state index is 9.60. The summed E-state index contributed by atoms with van der Waals surface area (Å²) >= 11 is 0.767. The van der Waals surface area contributed by atoms with Crippen molar-refractivity contribution in [2.75, 3.05) is 6.61 Å². The van der Waals surface area contributed by atoms with Crippen LogP contribution in [0.5, 0.6) is 0 Å². The van der Waals surface area contributed by atoms with E-state index in [-0.39, 0.29) is 0 Å². The number of hydrogen-bond acceptors (Lipinski definition) is 7. The second-order valence-electron chi connectivity index (χ2n) is 3.79. The monoisotopic (exact) mass is 255 g/mol. The van der Waals surface area contributed by atoms with Crippen molar-refractivity contribution in [3.63, 3.8) is 0 Å². The number of rotatable bonds is 4. The van der Waals surface area contributed by atoms with Crippen LogP contribution in [0.15, 0.2) is 0 Å². The van der Waals surface area contributed by atoms with Crippen molar-refractivity contribution >= 4 is 12.0 Å². The topological polar surface area (TPSA) is 99.4 Å². The third-order valence-corrected chi connectivity index (χ3v) is 2.78. The van der Waals surface area contributed by atoms with E-state index in [1.54, 1.807) is 13.8 Å². The molecule has 0 spiro atoms. The minimum absolute atomic E-state index is 0.500. The van der Waals surface area contributed by atoms with Crippen LogP contribution in [0.4, 0.5) is 0 Å². The van der Waals surface area contributed by atoms with E-state index in [0.29, 0.717) is 0 Å². The van der Waals surface area contributed by atoms with Gasteiger partial charge in [0.1, 0.15) is 24.4 Å². The first-order chi connectivity index (χ1) is 7.76. The van der Waals surface area contributed by atoms with Gasteiger partial charge < -0.3 is 25.2 Å². The molecule has 0 aromatic rings. The molecule has 0 bridgehead atoms. The van der Waals surface area contributed by atoms with Crippen LogP contribution < -0.4 is 0 Å². The summed E-state index contributed by atoms with van der Waals surface area (Å²) in [7, 11) is 0. The Morgan fingerprint density at radius 1 is 1.31 bits per heavy atom. The fourth-order valence-electron chi connectivity index (χ4n) is 1.29. The van der Waals surface area contributed by atoms with Crippen molar-refractivity contribution in [2.24, 2.45) is 0 Å². The highest BCUT2D eigenvalue weighted by molar-refractivity contribution is 7.95. The highest BCUT2D eigenvalue weighted by Gasteiger charge is 2.44. The molecule has 0 amide bonds. The van der Waals surface area contributed by atoms with Crippen LogP contribution >= 0.6 is 12.0 Å². The zero-order chi connectivity index (χ0) is 13.2. The zero-order valence-corrected chi connectivity index (χ0v) is 9.92. The van der Waals surface area contributed by atoms with E-state index in [0.717, 1.165) is 12.0 Å². The summed E-state index contributed by atoms with van der Waals surface area (Å²) in [6.07, 6.45) is -6.47. The van der Waals surface area contributed by atoms with Gasteiger partial charge in [-0.05, 0) is 12.0 Å². The Balaban J connectivity index is 2.59. The fraction of sp³-hybridized carbons (Fsp3) is 1.00. The molecule has 96 valence electrons. The molecule has 0 aromatic heterocycles. The van der Waals surface area contributed by atoms with E-state index in [9.17, 15) is 15.3 Å². The Kier molecular flexibility index (Phi) is 4.83. The molecule has 1 unspecified atom stereocenters. The Morgan fingerprint density at radius 2 is 1.94 bits per heavy atom.